The van der Waals surface area contributed by atoms with Gasteiger partial charge in [0.15, 0.2) is 9.84 Å². The van der Waals surface area contributed by atoms with Gasteiger partial charge in [0.25, 0.3) is 5.91 Å². The third-order valence-corrected chi connectivity index (χ3v) is 5.31. The Morgan fingerprint density at radius 2 is 2.10 bits per heavy atom. The van der Waals surface area contributed by atoms with Crippen molar-refractivity contribution in [2.75, 3.05) is 30.9 Å². The zero-order valence-corrected chi connectivity index (χ0v) is 13.0. The first kappa shape index (κ1) is 15.1. The van der Waals surface area contributed by atoms with Gasteiger partial charge in [-0.2, -0.15) is 0 Å². The van der Waals surface area contributed by atoms with Gasteiger partial charge < -0.3 is 10.2 Å². The largest absolute Gasteiger partial charge is 0.380 e. The van der Waals surface area contributed by atoms with E-state index in [-0.39, 0.29) is 23.5 Å². The maximum atomic E-state index is 11.9. The molecule has 1 aliphatic rings. The third kappa shape index (κ3) is 3.43. The molecule has 2 rings (SSSR count). The Morgan fingerprint density at radius 3 is 2.65 bits per heavy atom. The lowest BCUT2D eigenvalue weighted by atomic mass is 10.1. The fraction of sp³-hybridized carbons (Fsp3) is 0.462. The number of anilines is 1. The lowest BCUT2D eigenvalue weighted by Crippen LogP contribution is -2.23. The summed E-state index contributed by atoms with van der Waals surface area (Å²) in [5.74, 6) is 0.178. The van der Waals surface area contributed by atoms with Crippen LogP contribution in [0.5, 0.6) is 0 Å². The van der Waals surface area contributed by atoms with Crippen LogP contribution in [0.25, 0.3) is 0 Å². The van der Waals surface area contributed by atoms with Crippen LogP contribution in [-0.2, 0) is 9.84 Å². The number of hydrogen-bond acceptors (Lipinski definition) is 4. The van der Waals surface area contributed by atoms with E-state index in [0.717, 1.165) is 0 Å². The molecule has 0 aliphatic carbocycles. The molecule has 7 heteroatoms. The number of hydrogen-bond donors (Lipinski definition) is 1. The molecular formula is C13H17ClN2O3S. The summed E-state index contributed by atoms with van der Waals surface area (Å²) >= 11 is 6.09. The van der Waals surface area contributed by atoms with E-state index >= 15 is 0 Å². The Hall–Kier alpha value is -1.27. The predicted molar refractivity (Wildman–Crippen MR) is 80.2 cm³/mol. The lowest BCUT2D eigenvalue weighted by molar-refractivity contribution is 0.0827. The van der Waals surface area contributed by atoms with Gasteiger partial charge in [-0.25, -0.2) is 8.42 Å². The van der Waals surface area contributed by atoms with Crippen LogP contribution in [0.2, 0.25) is 5.02 Å². The van der Waals surface area contributed by atoms with E-state index in [0.29, 0.717) is 22.7 Å². The minimum absolute atomic E-state index is 0.106. The first-order chi connectivity index (χ1) is 9.28. The Kier molecular flexibility index (Phi) is 4.25. The number of amides is 1. The van der Waals surface area contributed by atoms with Gasteiger partial charge >= 0.3 is 0 Å². The fourth-order valence-electron chi connectivity index (χ4n) is 2.16. The summed E-state index contributed by atoms with van der Waals surface area (Å²) in [5, 5.41) is 3.59. The Labute approximate surface area is 123 Å². The minimum Gasteiger partial charge on any atom is -0.380 e. The molecule has 1 aliphatic heterocycles. The van der Waals surface area contributed by atoms with Crippen LogP contribution in [-0.4, -0.2) is 50.9 Å². The Bertz CT molecular complexity index is 629. The molecule has 1 saturated heterocycles. The second kappa shape index (κ2) is 5.61. The van der Waals surface area contributed by atoms with E-state index in [2.05, 4.69) is 5.32 Å². The molecule has 1 aromatic rings. The number of nitrogens with one attached hydrogen (secondary N) is 1. The number of nitrogens with zero attached hydrogens (tertiary/aromatic N) is 1. The highest BCUT2D eigenvalue weighted by atomic mass is 35.5. The molecule has 0 spiro atoms. The van der Waals surface area contributed by atoms with Crippen LogP contribution < -0.4 is 5.32 Å². The van der Waals surface area contributed by atoms with Crippen LogP contribution in [0, 0.1) is 0 Å². The summed E-state index contributed by atoms with van der Waals surface area (Å²) in [4.78, 5) is 13.4. The molecule has 1 fully saturated rings. The number of benzene rings is 1. The number of sulfone groups is 1. The van der Waals surface area contributed by atoms with Crippen molar-refractivity contribution in [3.8, 4) is 0 Å². The molecule has 0 saturated carbocycles. The van der Waals surface area contributed by atoms with Gasteiger partial charge in [0, 0.05) is 25.7 Å². The maximum Gasteiger partial charge on any atom is 0.253 e. The highest BCUT2D eigenvalue weighted by molar-refractivity contribution is 7.91. The van der Waals surface area contributed by atoms with Crippen molar-refractivity contribution in [3.05, 3.63) is 28.8 Å². The predicted octanol–water partition coefficient (Wildman–Crippen LogP) is 1.64. The first-order valence-corrected chi connectivity index (χ1v) is 8.46. The monoisotopic (exact) mass is 316 g/mol. The summed E-state index contributed by atoms with van der Waals surface area (Å²) in [7, 11) is 0.399. The van der Waals surface area contributed by atoms with Gasteiger partial charge in [0.05, 0.1) is 22.2 Å². The van der Waals surface area contributed by atoms with Crippen LogP contribution in [0.4, 0.5) is 5.69 Å². The topological polar surface area (TPSA) is 66.5 Å². The van der Waals surface area contributed by atoms with Crippen molar-refractivity contribution in [2.24, 2.45) is 0 Å². The van der Waals surface area contributed by atoms with Crippen LogP contribution >= 0.6 is 11.6 Å². The third-order valence-electron chi connectivity index (χ3n) is 3.21. The molecule has 0 bridgehead atoms. The van der Waals surface area contributed by atoms with Crippen LogP contribution in [0.1, 0.15) is 16.8 Å². The van der Waals surface area contributed by atoms with Crippen molar-refractivity contribution < 1.29 is 13.2 Å². The minimum atomic E-state index is -2.95. The Morgan fingerprint density at radius 1 is 1.40 bits per heavy atom. The average molecular weight is 317 g/mol. The SMILES string of the molecule is CN(C)C(=O)c1ccc(Cl)c(NC2CCS(=O)(=O)C2)c1. The second-order valence-corrected chi connectivity index (χ2v) is 7.77. The van der Waals surface area contributed by atoms with Crippen LogP contribution in [0.15, 0.2) is 18.2 Å². The molecule has 20 heavy (non-hydrogen) atoms. The maximum absolute atomic E-state index is 11.9. The molecule has 0 aromatic heterocycles. The molecule has 110 valence electrons. The number of halogens is 1. The van der Waals surface area contributed by atoms with Crippen molar-refractivity contribution >= 4 is 33.0 Å². The highest BCUT2D eigenvalue weighted by Gasteiger charge is 2.28. The van der Waals surface area contributed by atoms with Crippen molar-refractivity contribution in [1.82, 2.24) is 4.90 Å². The summed E-state index contributed by atoms with van der Waals surface area (Å²) in [5.41, 5.74) is 1.12. The fourth-order valence-corrected chi connectivity index (χ4v) is 4.00. The highest BCUT2D eigenvalue weighted by Crippen LogP contribution is 2.26. The number of carbonyl (C=O) groups is 1. The van der Waals surface area contributed by atoms with Crippen LogP contribution in [0.3, 0.4) is 0 Å². The summed E-state index contributed by atoms with van der Waals surface area (Å²) in [6.45, 7) is 0. The van der Waals surface area contributed by atoms with E-state index in [1.54, 1.807) is 32.3 Å². The van der Waals surface area contributed by atoms with Gasteiger partial charge in [-0.15, -0.1) is 0 Å². The quantitative estimate of drug-likeness (QED) is 0.920. The molecule has 1 amide bonds. The Balaban J connectivity index is 2.19. The standard InChI is InChI=1S/C13H17ClN2O3S/c1-16(2)13(17)9-3-4-11(14)12(7-9)15-10-5-6-20(18,19)8-10/h3-4,7,10,15H,5-6,8H2,1-2H3. The summed E-state index contributed by atoms with van der Waals surface area (Å²) < 4.78 is 22.9. The van der Waals surface area contributed by atoms with Gasteiger partial charge in [0.1, 0.15) is 0 Å². The van der Waals surface area contributed by atoms with Gasteiger partial charge in [-0.3, -0.25) is 4.79 Å². The van der Waals surface area contributed by atoms with E-state index in [4.69, 9.17) is 11.6 Å². The summed E-state index contributed by atoms with van der Waals surface area (Å²) in [6, 6.07) is 4.81. The van der Waals surface area contributed by atoms with E-state index < -0.39 is 9.84 Å². The second-order valence-electron chi connectivity index (χ2n) is 5.14. The summed E-state index contributed by atoms with van der Waals surface area (Å²) in [6.07, 6.45) is 0.560. The normalized spacial score (nSPS) is 20.6. The number of rotatable bonds is 3. The van der Waals surface area contributed by atoms with Gasteiger partial charge in [-0.05, 0) is 24.6 Å². The molecule has 1 atom stereocenters. The molecule has 5 nitrogen and oxygen atoms in total. The molecule has 1 heterocycles. The molecular weight excluding hydrogens is 300 g/mol. The van der Waals surface area contributed by atoms with E-state index in [9.17, 15) is 13.2 Å². The average Bonchev–Trinajstić information content (AvgIpc) is 2.70. The molecule has 1 unspecified atom stereocenters. The number of carbonyl (C=O) groups excluding carboxylic acids is 1. The van der Waals surface area contributed by atoms with Crippen molar-refractivity contribution in [2.45, 2.75) is 12.5 Å². The van der Waals surface area contributed by atoms with Gasteiger partial charge in [0.2, 0.25) is 0 Å². The molecule has 1 N–H and O–H groups in total. The molecule has 0 radical (unpaired) electrons. The van der Waals surface area contributed by atoms with Crippen molar-refractivity contribution in [1.29, 1.82) is 0 Å². The van der Waals surface area contributed by atoms with E-state index in [1.807, 2.05) is 0 Å². The lowest BCUT2D eigenvalue weighted by Gasteiger charge is -2.16. The van der Waals surface area contributed by atoms with Gasteiger partial charge in [-0.1, -0.05) is 11.6 Å². The smallest absolute Gasteiger partial charge is 0.253 e. The zero-order chi connectivity index (χ0) is 14.9. The molecule has 1 aromatic carbocycles. The van der Waals surface area contributed by atoms with Crippen molar-refractivity contribution in [3.63, 3.8) is 0 Å². The first-order valence-electron chi connectivity index (χ1n) is 6.27. The zero-order valence-electron chi connectivity index (χ0n) is 11.4. The van der Waals surface area contributed by atoms with E-state index in [1.165, 1.54) is 4.90 Å².